The van der Waals surface area contributed by atoms with Crippen molar-refractivity contribution in [3.05, 3.63) is 88.2 Å². The number of amides is 1. The first-order valence-electron chi connectivity index (χ1n) is 11.9. The number of pyridine rings is 1. The highest BCUT2D eigenvalue weighted by Crippen LogP contribution is 2.20. The number of carbonyl (C=O) groups excluding carboxylic acids is 1. The molecule has 9 heteroatoms. The maximum atomic E-state index is 12.8. The van der Waals surface area contributed by atoms with Gasteiger partial charge >= 0.3 is 0 Å². The first-order chi connectivity index (χ1) is 17.4. The number of rotatable bonds is 8. The van der Waals surface area contributed by atoms with Crippen LogP contribution in [0.25, 0.3) is 17.0 Å². The van der Waals surface area contributed by atoms with Crippen LogP contribution >= 0.6 is 0 Å². The Morgan fingerprint density at radius 1 is 1.17 bits per heavy atom. The van der Waals surface area contributed by atoms with Gasteiger partial charge in [0.2, 0.25) is 5.91 Å². The standard InChI is InChI=1S/C27H30N6O3/c1-18(27(36)32-11-3-4-12-32)33-17-21(9-10-26(33)35)23-15-30-16-24(31-23)25(34)13-22(28)20-7-5-19(6-8-20)14-29-2/h5-10,13,15-18,28-29,34H,3-4,11-12,14H2,1-2H3/b25-13-,28-22?. The first kappa shape index (κ1) is 25.0. The quantitative estimate of drug-likeness (QED) is 0.332. The number of hydrogen-bond donors (Lipinski definition) is 3. The number of nitrogens with one attached hydrogen (secondary N) is 2. The van der Waals surface area contributed by atoms with Crippen molar-refractivity contribution in [2.75, 3.05) is 20.1 Å². The van der Waals surface area contributed by atoms with Gasteiger partial charge in [-0.05, 0) is 44.0 Å². The Balaban J connectivity index is 1.57. The Morgan fingerprint density at radius 3 is 2.58 bits per heavy atom. The Morgan fingerprint density at radius 2 is 1.89 bits per heavy atom. The largest absolute Gasteiger partial charge is 0.506 e. The number of benzene rings is 1. The molecule has 1 fully saturated rings. The summed E-state index contributed by atoms with van der Waals surface area (Å²) in [7, 11) is 1.87. The van der Waals surface area contributed by atoms with E-state index in [1.165, 1.54) is 29.1 Å². The lowest BCUT2D eigenvalue weighted by molar-refractivity contribution is -0.133. The zero-order chi connectivity index (χ0) is 25.7. The van der Waals surface area contributed by atoms with Gasteiger partial charge in [-0.1, -0.05) is 24.3 Å². The molecule has 0 bridgehead atoms. The third-order valence-electron chi connectivity index (χ3n) is 6.25. The number of nitrogens with zero attached hydrogens (tertiary/aromatic N) is 4. The Kier molecular flexibility index (Phi) is 7.70. The maximum absolute atomic E-state index is 12.8. The van der Waals surface area contributed by atoms with E-state index in [1.807, 2.05) is 31.3 Å². The number of carbonyl (C=O) groups is 1. The molecular weight excluding hydrogens is 456 g/mol. The van der Waals surface area contributed by atoms with Crippen molar-refractivity contribution in [3.8, 4) is 11.3 Å². The predicted octanol–water partition coefficient (Wildman–Crippen LogP) is 3.18. The highest BCUT2D eigenvalue weighted by Gasteiger charge is 2.25. The van der Waals surface area contributed by atoms with Gasteiger partial charge in [0.1, 0.15) is 17.5 Å². The fraction of sp³-hybridized carbons (Fsp3) is 0.296. The average molecular weight is 487 g/mol. The van der Waals surface area contributed by atoms with Crippen molar-refractivity contribution >= 4 is 17.4 Å². The van der Waals surface area contributed by atoms with E-state index in [4.69, 9.17) is 5.41 Å². The molecule has 0 aliphatic carbocycles. The zero-order valence-corrected chi connectivity index (χ0v) is 20.4. The predicted molar refractivity (Wildman–Crippen MR) is 139 cm³/mol. The van der Waals surface area contributed by atoms with E-state index in [9.17, 15) is 14.7 Å². The van der Waals surface area contributed by atoms with Crippen molar-refractivity contribution in [1.29, 1.82) is 5.41 Å². The monoisotopic (exact) mass is 486 g/mol. The average Bonchev–Trinajstić information content (AvgIpc) is 3.44. The highest BCUT2D eigenvalue weighted by atomic mass is 16.3. The van der Waals surface area contributed by atoms with Gasteiger partial charge in [0, 0.05) is 43.5 Å². The van der Waals surface area contributed by atoms with Crippen molar-refractivity contribution < 1.29 is 9.90 Å². The van der Waals surface area contributed by atoms with Gasteiger partial charge in [-0.2, -0.15) is 0 Å². The van der Waals surface area contributed by atoms with Crippen LogP contribution in [0.3, 0.4) is 0 Å². The number of hydrogen-bond acceptors (Lipinski definition) is 7. The van der Waals surface area contributed by atoms with Crippen LogP contribution in [-0.2, 0) is 11.3 Å². The Hall–Kier alpha value is -4.11. The summed E-state index contributed by atoms with van der Waals surface area (Å²) in [6, 6.07) is 9.89. The molecule has 1 atom stereocenters. The summed E-state index contributed by atoms with van der Waals surface area (Å²) in [6.07, 6.45) is 7.83. The van der Waals surface area contributed by atoms with Gasteiger partial charge < -0.3 is 25.3 Å². The minimum atomic E-state index is -0.639. The molecule has 0 radical (unpaired) electrons. The van der Waals surface area contributed by atoms with Crippen molar-refractivity contribution in [2.45, 2.75) is 32.4 Å². The lowest BCUT2D eigenvalue weighted by Crippen LogP contribution is -2.37. The molecule has 0 spiro atoms. The van der Waals surface area contributed by atoms with Crippen LogP contribution in [0, 0.1) is 5.41 Å². The van der Waals surface area contributed by atoms with Crippen LogP contribution in [-0.4, -0.2) is 56.3 Å². The minimum absolute atomic E-state index is 0.0790. The summed E-state index contributed by atoms with van der Waals surface area (Å²) in [6.45, 7) is 3.88. The van der Waals surface area contributed by atoms with Crippen LogP contribution < -0.4 is 10.9 Å². The number of likely N-dealkylation sites (tertiary alicyclic amines) is 1. The smallest absolute Gasteiger partial charge is 0.251 e. The normalized spacial score (nSPS) is 14.6. The molecule has 186 valence electrons. The number of aromatic nitrogens is 3. The van der Waals surface area contributed by atoms with Crippen LogP contribution in [0.5, 0.6) is 0 Å². The molecule has 2 aromatic heterocycles. The second kappa shape index (κ2) is 11.1. The summed E-state index contributed by atoms with van der Waals surface area (Å²) in [4.78, 5) is 35.8. The summed E-state index contributed by atoms with van der Waals surface area (Å²) in [5.41, 5.74) is 2.84. The van der Waals surface area contributed by atoms with Crippen molar-refractivity contribution in [1.82, 2.24) is 24.8 Å². The van der Waals surface area contributed by atoms with E-state index in [0.717, 1.165) is 24.9 Å². The van der Waals surface area contributed by atoms with Gasteiger partial charge in [-0.25, -0.2) is 4.98 Å². The van der Waals surface area contributed by atoms with Crippen molar-refractivity contribution in [2.24, 2.45) is 0 Å². The number of allylic oxidation sites excluding steroid dienone is 1. The van der Waals surface area contributed by atoms with Crippen molar-refractivity contribution in [3.63, 3.8) is 0 Å². The molecule has 3 aromatic rings. The highest BCUT2D eigenvalue weighted by molar-refractivity contribution is 6.09. The maximum Gasteiger partial charge on any atom is 0.251 e. The molecule has 1 aliphatic heterocycles. The van der Waals surface area contributed by atoms with E-state index in [1.54, 1.807) is 24.1 Å². The van der Waals surface area contributed by atoms with E-state index in [-0.39, 0.29) is 28.6 Å². The molecule has 4 rings (SSSR count). The van der Waals surface area contributed by atoms with Crippen LogP contribution in [0.2, 0.25) is 0 Å². The second-order valence-corrected chi connectivity index (χ2v) is 8.83. The first-order valence-corrected chi connectivity index (χ1v) is 11.9. The summed E-state index contributed by atoms with van der Waals surface area (Å²) >= 11 is 0. The summed E-state index contributed by atoms with van der Waals surface area (Å²) in [5, 5.41) is 22.1. The fourth-order valence-electron chi connectivity index (χ4n) is 4.21. The number of aliphatic hydroxyl groups excluding tert-OH is 1. The molecule has 9 nitrogen and oxygen atoms in total. The lowest BCUT2D eigenvalue weighted by Gasteiger charge is -2.22. The summed E-state index contributed by atoms with van der Waals surface area (Å²) < 4.78 is 1.41. The number of aliphatic hydroxyl groups is 1. The zero-order valence-electron chi connectivity index (χ0n) is 20.4. The Labute approximate surface area is 209 Å². The lowest BCUT2D eigenvalue weighted by atomic mass is 10.1. The molecule has 3 N–H and O–H groups in total. The van der Waals surface area contributed by atoms with Gasteiger partial charge in [-0.3, -0.25) is 14.6 Å². The van der Waals surface area contributed by atoms with E-state index in [2.05, 4.69) is 15.3 Å². The van der Waals surface area contributed by atoms with E-state index in [0.29, 0.717) is 29.9 Å². The second-order valence-electron chi connectivity index (χ2n) is 8.83. The third-order valence-corrected chi connectivity index (χ3v) is 6.25. The van der Waals surface area contributed by atoms with Crippen LogP contribution in [0.4, 0.5) is 0 Å². The SMILES string of the molecule is CNCc1ccc(C(=N)/C=C(\O)c2cncc(-c3ccc(=O)n(C(C)C(=O)N4CCCC4)c3)n2)cc1. The molecule has 36 heavy (non-hydrogen) atoms. The molecule has 3 heterocycles. The minimum Gasteiger partial charge on any atom is -0.506 e. The fourth-order valence-corrected chi connectivity index (χ4v) is 4.21. The Bertz CT molecular complexity index is 1340. The topological polar surface area (TPSA) is 124 Å². The van der Waals surface area contributed by atoms with E-state index >= 15 is 0 Å². The molecule has 1 aromatic carbocycles. The van der Waals surface area contributed by atoms with Crippen LogP contribution in [0.15, 0.2) is 65.9 Å². The summed E-state index contributed by atoms with van der Waals surface area (Å²) in [5.74, 6) is -0.274. The molecule has 1 saturated heterocycles. The van der Waals surface area contributed by atoms with Gasteiger partial charge in [0.15, 0.2) is 0 Å². The van der Waals surface area contributed by atoms with Gasteiger partial charge in [-0.15, -0.1) is 0 Å². The third kappa shape index (κ3) is 5.58. The van der Waals surface area contributed by atoms with E-state index < -0.39 is 6.04 Å². The molecule has 1 unspecified atom stereocenters. The molecule has 1 aliphatic rings. The van der Waals surface area contributed by atoms with Gasteiger partial charge in [0.25, 0.3) is 5.56 Å². The molecule has 1 amide bonds. The molecule has 0 saturated carbocycles. The molecular formula is C27H30N6O3. The van der Waals surface area contributed by atoms with Gasteiger partial charge in [0.05, 0.1) is 23.8 Å². The van der Waals surface area contributed by atoms with Crippen LogP contribution in [0.1, 0.15) is 42.6 Å².